The fourth-order valence-electron chi connectivity index (χ4n) is 2.42. The number of carbonyl (C=O) groups excluding carboxylic acids is 1. The molecule has 0 bridgehead atoms. The number of aryl methyl sites for hydroxylation is 2. The number of benzene rings is 2. The first-order chi connectivity index (χ1) is 12.1. The van der Waals surface area contributed by atoms with Crippen LogP contribution >= 0.6 is 11.3 Å². The molecule has 1 N–H and O–H groups in total. The zero-order chi connectivity index (χ0) is 17.6. The Morgan fingerprint density at radius 3 is 2.52 bits per heavy atom. The Balaban J connectivity index is 1.56. The third-order valence-corrected chi connectivity index (χ3v) is 4.66. The van der Waals surface area contributed by atoms with Crippen molar-refractivity contribution in [1.82, 2.24) is 4.98 Å². The van der Waals surface area contributed by atoms with Gasteiger partial charge < -0.3 is 10.1 Å². The topological polar surface area (TPSA) is 51.2 Å². The van der Waals surface area contributed by atoms with Crippen LogP contribution in [0, 0.1) is 6.92 Å². The Morgan fingerprint density at radius 1 is 1.12 bits per heavy atom. The molecule has 0 aliphatic rings. The molecular weight excluding hydrogens is 332 g/mol. The summed E-state index contributed by atoms with van der Waals surface area (Å²) in [5.41, 5.74) is 4.24. The van der Waals surface area contributed by atoms with E-state index in [4.69, 9.17) is 4.74 Å². The monoisotopic (exact) mass is 352 g/mol. The van der Waals surface area contributed by atoms with E-state index in [-0.39, 0.29) is 5.91 Å². The maximum Gasteiger partial charge on any atom is 0.226 e. The number of methoxy groups -OCH3 is 1. The van der Waals surface area contributed by atoms with Crippen molar-refractivity contribution in [2.75, 3.05) is 12.4 Å². The summed E-state index contributed by atoms with van der Waals surface area (Å²) in [6.07, 6.45) is 1.17. The molecule has 1 amide bonds. The molecule has 0 radical (unpaired) electrons. The molecule has 0 aliphatic carbocycles. The van der Waals surface area contributed by atoms with Gasteiger partial charge in [0.2, 0.25) is 5.91 Å². The molecular formula is C20H20N2O2S. The van der Waals surface area contributed by atoms with E-state index in [2.05, 4.69) is 41.5 Å². The fourth-order valence-corrected chi connectivity index (χ4v) is 3.16. The Bertz CT molecular complexity index is 839. The van der Waals surface area contributed by atoms with Crippen LogP contribution in [0.2, 0.25) is 0 Å². The highest BCUT2D eigenvalue weighted by Gasteiger charge is 2.08. The molecule has 0 saturated heterocycles. The van der Waals surface area contributed by atoms with Crippen LogP contribution in [-0.2, 0) is 11.2 Å². The summed E-state index contributed by atoms with van der Waals surface area (Å²) in [5, 5.41) is 5.45. The van der Waals surface area contributed by atoms with Crippen LogP contribution < -0.4 is 10.1 Å². The minimum absolute atomic E-state index is 0.0174. The van der Waals surface area contributed by atoms with E-state index in [1.165, 1.54) is 22.5 Å². The van der Waals surface area contributed by atoms with Gasteiger partial charge in [0.15, 0.2) is 5.13 Å². The van der Waals surface area contributed by atoms with Gasteiger partial charge in [0, 0.05) is 17.4 Å². The summed E-state index contributed by atoms with van der Waals surface area (Å²) in [5.74, 6) is 0.791. The van der Waals surface area contributed by atoms with Gasteiger partial charge in [-0.3, -0.25) is 4.79 Å². The van der Waals surface area contributed by atoms with Crippen LogP contribution in [-0.4, -0.2) is 18.0 Å². The van der Waals surface area contributed by atoms with E-state index in [0.717, 1.165) is 23.4 Å². The molecule has 0 atom stereocenters. The lowest BCUT2D eigenvalue weighted by molar-refractivity contribution is -0.116. The number of anilines is 1. The standard InChI is InChI=1S/C20H20N2O2S/c1-14-3-5-15(6-4-14)7-12-19(23)22-20-21-18(13-25-20)16-8-10-17(24-2)11-9-16/h3-6,8-11,13H,7,12H2,1-2H3,(H,21,22,23). The largest absolute Gasteiger partial charge is 0.497 e. The van der Waals surface area contributed by atoms with Gasteiger partial charge in [0.05, 0.1) is 12.8 Å². The van der Waals surface area contributed by atoms with Gasteiger partial charge in [-0.15, -0.1) is 11.3 Å². The minimum Gasteiger partial charge on any atom is -0.497 e. The van der Waals surface area contributed by atoms with Crippen molar-refractivity contribution in [1.29, 1.82) is 0 Å². The van der Waals surface area contributed by atoms with Crippen LogP contribution in [0.1, 0.15) is 17.5 Å². The lowest BCUT2D eigenvalue weighted by Gasteiger charge is -2.03. The predicted molar refractivity (Wildman–Crippen MR) is 102 cm³/mol. The molecule has 3 aromatic rings. The predicted octanol–water partition coefficient (Wildman–Crippen LogP) is 4.70. The van der Waals surface area contributed by atoms with Crippen LogP contribution in [0.3, 0.4) is 0 Å². The maximum atomic E-state index is 12.1. The van der Waals surface area contributed by atoms with Crippen molar-refractivity contribution in [2.24, 2.45) is 0 Å². The Hall–Kier alpha value is -2.66. The van der Waals surface area contributed by atoms with Crippen LogP contribution in [0.25, 0.3) is 11.3 Å². The van der Waals surface area contributed by atoms with E-state index in [1.807, 2.05) is 29.6 Å². The van der Waals surface area contributed by atoms with E-state index in [0.29, 0.717) is 11.6 Å². The van der Waals surface area contributed by atoms with Crippen molar-refractivity contribution >= 4 is 22.4 Å². The van der Waals surface area contributed by atoms with Crippen molar-refractivity contribution in [2.45, 2.75) is 19.8 Å². The van der Waals surface area contributed by atoms with Crippen LogP contribution in [0.15, 0.2) is 53.9 Å². The van der Waals surface area contributed by atoms with Crippen molar-refractivity contribution in [3.05, 3.63) is 65.0 Å². The highest BCUT2D eigenvalue weighted by molar-refractivity contribution is 7.14. The van der Waals surface area contributed by atoms with E-state index in [1.54, 1.807) is 7.11 Å². The van der Waals surface area contributed by atoms with Crippen molar-refractivity contribution in [3.8, 4) is 17.0 Å². The normalized spacial score (nSPS) is 10.5. The molecule has 3 rings (SSSR count). The van der Waals surface area contributed by atoms with Crippen LogP contribution in [0.5, 0.6) is 5.75 Å². The molecule has 0 saturated carbocycles. The first-order valence-corrected chi connectivity index (χ1v) is 8.97. The summed E-state index contributed by atoms with van der Waals surface area (Å²) in [4.78, 5) is 16.6. The minimum atomic E-state index is -0.0174. The highest BCUT2D eigenvalue weighted by Crippen LogP contribution is 2.26. The molecule has 25 heavy (non-hydrogen) atoms. The number of rotatable bonds is 6. The van der Waals surface area contributed by atoms with Gasteiger partial charge >= 0.3 is 0 Å². The van der Waals surface area contributed by atoms with Gasteiger partial charge in [-0.25, -0.2) is 4.98 Å². The maximum absolute atomic E-state index is 12.1. The first kappa shape index (κ1) is 17.2. The average molecular weight is 352 g/mol. The molecule has 128 valence electrons. The number of amides is 1. The van der Waals surface area contributed by atoms with Crippen molar-refractivity contribution in [3.63, 3.8) is 0 Å². The number of nitrogens with one attached hydrogen (secondary N) is 1. The Morgan fingerprint density at radius 2 is 1.84 bits per heavy atom. The Kier molecular flexibility index (Phi) is 5.46. The highest BCUT2D eigenvalue weighted by atomic mass is 32.1. The molecule has 4 nitrogen and oxygen atoms in total. The van der Waals surface area contributed by atoms with Crippen molar-refractivity contribution < 1.29 is 9.53 Å². The summed E-state index contributed by atoms with van der Waals surface area (Å²) in [6, 6.07) is 16.0. The summed E-state index contributed by atoms with van der Waals surface area (Å²) < 4.78 is 5.16. The fraction of sp³-hybridized carbons (Fsp3) is 0.200. The first-order valence-electron chi connectivity index (χ1n) is 8.09. The van der Waals surface area contributed by atoms with E-state index >= 15 is 0 Å². The average Bonchev–Trinajstić information content (AvgIpc) is 3.10. The van der Waals surface area contributed by atoms with E-state index in [9.17, 15) is 4.79 Å². The smallest absolute Gasteiger partial charge is 0.226 e. The zero-order valence-electron chi connectivity index (χ0n) is 14.3. The summed E-state index contributed by atoms with van der Waals surface area (Å²) >= 11 is 1.43. The SMILES string of the molecule is COc1ccc(-c2csc(NC(=O)CCc3ccc(C)cc3)n2)cc1. The third kappa shape index (κ3) is 4.67. The summed E-state index contributed by atoms with van der Waals surface area (Å²) in [6.45, 7) is 2.05. The zero-order valence-corrected chi connectivity index (χ0v) is 15.1. The molecule has 0 spiro atoms. The summed E-state index contributed by atoms with van der Waals surface area (Å²) in [7, 11) is 1.64. The van der Waals surface area contributed by atoms with Gasteiger partial charge in [0.1, 0.15) is 5.75 Å². The number of carbonyl (C=O) groups is 1. The second kappa shape index (κ2) is 7.94. The lowest BCUT2D eigenvalue weighted by atomic mass is 10.1. The molecule has 0 fully saturated rings. The molecule has 2 aromatic carbocycles. The molecule has 1 aromatic heterocycles. The number of ether oxygens (including phenoxy) is 1. The molecule has 0 unspecified atom stereocenters. The number of hydrogen-bond donors (Lipinski definition) is 1. The second-order valence-corrected chi connectivity index (χ2v) is 6.66. The van der Waals surface area contributed by atoms with Gasteiger partial charge in [0.25, 0.3) is 0 Å². The number of nitrogens with zero attached hydrogens (tertiary/aromatic N) is 1. The molecule has 5 heteroatoms. The van der Waals surface area contributed by atoms with Gasteiger partial charge in [-0.05, 0) is 43.2 Å². The number of thiazole rings is 1. The quantitative estimate of drug-likeness (QED) is 0.700. The van der Waals surface area contributed by atoms with Gasteiger partial charge in [-0.2, -0.15) is 0 Å². The Labute approximate surface area is 151 Å². The van der Waals surface area contributed by atoms with Crippen LogP contribution in [0.4, 0.5) is 5.13 Å². The molecule has 1 heterocycles. The number of hydrogen-bond acceptors (Lipinski definition) is 4. The number of aromatic nitrogens is 1. The third-order valence-electron chi connectivity index (χ3n) is 3.90. The second-order valence-electron chi connectivity index (χ2n) is 5.80. The molecule has 0 aliphatic heterocycles. The van der Waals surface area contributed by atoms with E-state index < -0.39 is 0 Å². The van der Waals surface area contributed by atoms with Gasteiger partial charge in [-0.1, -0.05) is 29.8 Å². The lowest BCUT2D eigenvalue weighted by Crippen LogP contribution is -2.12.